The summed E-state index contributed by atoms with van der Waals surface area (Å²) in [6.45, 7) is 5.73. The second-order valence-electron chi connectivity index (χ2n) is 4.30. The molecule has 0 aromatic heterocycles. The summed E-state index contributed by atoms with van der Waals surface area (Å²) in [5.41, 5.74) is 3.20. The summed E-state index contributed by atoms with van der Waals surface area (Å²) in [6, 6.07) is 8.67. The Balaban J connectivity index is 0.000000337. The quantitative estimate of drug-likeness (QED) is 0.703. The zero-order chi connectivity index (χ0) is 11.5. The molecule has 1 aromatic carbocycles. The number of para-hydroxylation sites is 1. The Bertz CT molecular complexity index is 328. The van der Waals surface area contributed by atoms with E-state index < -0.39 is 0 Å². The SMILES string of the molecule is CN1CC(C)(C)c2ccccc21.[Cl][Co][Cl]. The third-order valence-electron chi connectivity index (χ3n) is 2.68. The predicted molar refractivity (Wildman–Crippen MR) is 64.4 cm³/mol. The van der Waals surface area contributed by atoms with Gasteiger partial charge in [0, 0.05) is 24.7 Å². The Morgan fingerprint density at radius 2 is 1.80 bits per heavy atom. The summed E-state index contributed by atoms with van der Waals surface area (Å²) < 4.78 is 0. The van der Waals surface area contributed by atoms with E-state index in [1.54, 1.807) is 0 Å². The molecule has 1 heterocycles. The fourth-order valence-corrected chi connectivity index (χ4v) is 2.14. The zero-order valence-corrected chi connectivity index (χ0v) is 11.6. The maximum absolute atomic E-state index is 4.73. The molecule has 4 heteroatoms. The topological polar surface area (TPSA) is 3.24 Å². The van der Waals surface area contributed by atoms with E-state index in [9.17, 15) is 0 Å². The first kappa shape index (κ1) is 13.2. The van der Waals surface area contributed by atoms with Gasteiger partial charge in [-0.1, -0.05) is 32.0 Å². The summed E-state index contributed by atoms with van der Waals surface area (Å²) >= 11 is 0.382. The second kappa shape index (κ2) is 5.44. The van der Waals surface area contributed by atoms with Gasteiger partial charge in [-0.2, -0.15) is 0 Å². The van der Waals surface area contributed by atoms with Gasteiger partial charge in [-0.15, -0.1) is 0 Å². The van der Waals surface area contributed by atoms with Crippen LogP contribution >= 0.6 is 20.3 Å². The molecule has 15 heavy (non-hydrogen) atoms. The Labute approximate surface area is 106 Å². The molecule has 0 aliphatic carbocycles. The van der Waals surface area contributed by atoms with Crippen LogP contribution in [-0.2, 0) is 18.3 Å². The first-order valence-corrected chi connectivity index (χ1v) is 7.53. The first-order chi connectivity index (χ1) is 7.03. The summed E-state index contributed by atoms with van der Waals surface area (Å²) in [5.74, 6) is 0. The predicted octanol–water partition coefficient (Wildman–Crippen LogP) is 3.79. The minimum atomic E-state index is 0.325. The number of fused-ring (bicyclic) bond motifs is 1. The molecular weight excluding hydrogens is 276 g/mol. The number of nitrogens with zero attached hydrogens (tertiary/aromatic N) is 1. The molecule has 1 aromatic rings. The maximum atomic E-state index is 4.73. The van der Waals surface area contributed by atoms with Gasteiger partial charge in [0.1, 0.15) is 0 Å². The average molecular weight is 291 g/mol. The van der Waals surface area contributed by atoms with Crippen LogP contribution in [0.1, 0.15) is 19.4 Å². The molecule has 0 unspecified atom stereocenters. The monoisotopic (exact) mass is 290 g/mol. The molecule has 0 amide bonds. The Morgan fingerprint density at radius 1 is 1.27 bits per heavy atom. The number of halogens is 2. The summed E-state index contributed by atoms with van der Waals surface area (Å²) in [5, 5.41) is 0. The van der Waals surface area contributed by atoms with Gasteiger partial charge in [-0.05, 0) is 11.6 Å². The van der Waals surface area contributed by atoms with E-state index >= 15 is 0 Å². The van der Waals surface area contributed by atoms with Crippen molar-refractivity contribution >= 4 is 26.0 Å². The van der Waals surface area contributed by atoms with Crippen molar-refractivity contribution in [3.05, 3.63) is 29.8 Å². The van der Waals surface area contributed by atoms with E-state index in [1.807, 2.05) is 0 Å². The van der Waals surface area contributed by atoms with E-state index in [-0.39, 0.29) is 0 Å². The molecule has 87 valence electrons. The van der Waals surface area contributed by atoms with E-state index in [4.69, 9.17) is 20.3 Å². The molecule has 0 bridgehead atoms. The fraction of sp³-hybridized carbons (Fsp3) is 0.455. The van der Waals surface area contributed by atoms with Crippen LogP contribution in [0.2, 0.25) is 0 Å². The van der Waals surface area contributed by atoms with Crippen LogP contribution in [0.4, 0.5) is 5.69 Å². The van der Waals surface area contributed by atoms with Crippen molar-refractivity contribution in [1.29, 1.82) is 0 Å². The van der Waals surface area contributed by atoms with Crippen molar-refractivity contribution in [3.63, 3.8) is 0 Å². The van der Waals surface area contributed by atoms with Gasteiger partial charge < -0.3 is 4.90 Å². The molecule has 0 saturated heterocycles. The Hall–Kier alpha value is 0.106. The second-order valence-corrected chi connectivity index (χ2v) is 6.02. The standard InChI is InChI=1S/C11H15N.2ClH.Co/c1-11(2)8-12(3)10-7-5-4-6-9(10)11;;;/h4-7H,8H2,1-3H3;2*1H;/q;;;+2/p-2. The summed E-state index contributed by atoms with van der Waals surface area (Å²) in [7, 11) is 11.6. The van der Waals surface area contributed by atoms with Crippen molar-refractivity contribution in [1.82, 2.24) is 0 Å². The third kappa shape index (κ3) is 3.03. The van der Waals surface area contributed by atoms with Crippen molar-refractivity contribution in [2.45, 2.75) is 19.3 Å². The molecule has 1 aliphatic rings. The van der Waals surface area contributed by atoms with E-state index in [0.29, 0.717) is 18.3 Å². The molecule has 1 aliphatic heterocycles. The molecular formula is C11H15Cl2CoN. The molecule has 0 radical (unpaired) electrons. The van der Waals surface area contributed by atoms with Crippen LogP contribution in [0.3, 0.4) is 0 Å². The summed E-state index contributed by atoms with van der Waals surface area (Å²) in [6.07, 6.45) is 0. The molecule has 0 atom stereocenters. The van der Waals surface area contributed by atoms with Gasteiger partial charge in [-0.3, -0.25) is 0 Å². The molecule has 2 rings (SSSR count). The van der Waals surface area contributed by atoms with Gasteiger partial charge in [0.2, 0.25) is 0 Å². The Kier molecular flexibility index (Phi) is 4.78. The molecule has 1 nitrogen and oxygen atoms in total. The van der Waals surface area contributed by atoms with Gasteiger partial charge in [0.25, 0.3) is 0 Å². The van der Waals surface area contributed by atoms with Crippen molar-refractivity contribution < 1.29 is 12.9 Å². The number of hydrogen-bond acceptors (Lipinski definition) is 1. The number of hydrogen-bond donors (Lipinski definition) is 0. The Morgan fingerprint density at radius 3 is 2.33 bits per heavy atom. The molecule has 0 spiro atoms. The fourth-order valence-electron chi connectivity index (χ4n) is 2.14. The number of anilines is 1. The van der Waals surface area contributed by atoms with Crippen molar-refractivity contribution in [3.8, 4) is 0 Å². The average Bonchev–Trinajstić information content (AvgIpc) is 2.40. The molecule has 0 saturated carbocycles. The number of benzene rings is 1. The van der Waals surface area contributed by atoms with Gasteiger partial charge in [-0.25, -0.2) is 0 Å². The van der Waals surface area contributed by atoms with Gasteiger partial charge in [0.05, 0.1) is 0 Å². The summed E-state index contributed by atoms with van der Waals surface area (Å²) in [4.78, 5) is 2.33. The van der Waals surface area contributed by atoms with Crippen LogP contribution in [0, 0.1) is 0 Å². The molecule has 0 N–H and O–H groups in total. The van der Waals surface area contributed by atoms with Crippen LogP contribution in [0.15, 0.2) is 24.3 Å². The number of likely N-dealkylation sites (N-methyl/N-ethyl adjacent to an activating group) is 1. The normalized spacial score (nSPS) is 17.0. The third-order valence-corrected chi connectivity index (χ3v) is 2.68. The van der Waals surface area contributed by atoms with E-state index in [1.165, 1.54) is 11.3 Å². The van der Waals surface area contributed by atoms with E-state index in [2.05, 4.69) is 50.1 Å². The number of rotatable bonds is 0. The van der Waals surface area contributed by atoms with Crippen LogP contribution in [-0.4, -0.2) is 13.6 Å². The minimum absolute atomic E-state index is 0.325. The van der Waals surface area contributed by atoms with Gasteiger partial charge in [0.15, 0.2) is 0 Å². The van der Waals surface area contributed by atoms with E-state index in [0.717, 1.165) is 6.54 Å². The van der Waals surface area contributed by atoms with Crippen LogP contribution in [0.5, 0.6) is 0 Å². The first-order valence-electron chi connectivity index (χ1n) is 4.67. The van der Waals surface area contributed by atoms with Crippen molar-refractivity contribution in [2.24, 2.45) is 0 Å². The van der Waals surface area contributed by atoms with Crippen molar-refractivity contribution in [2.75, 3.05) is 18.5 Å². The molecule has 0 fully saturated rings. The van der Waals surface area contributed by atoms with Gasteiger partial charge >= 0.3 is 33.2 Å². The van der Waals surface area contributed by atoms with Crippen LogP contribution in [0.25, 0.3) is 0 Å². The zero-order valence-electron chi connectivity index (χ0n) is 9.05. The van der Waals surface area contributed by atoms with Crippen LogP contribution < -0.4 is 4.90 Å².